The molecular weight excluding hydrogens is 358 g/mol. The van der Waals surface area contributed by atoms with Gasteiger partial charge >= 0.3 is 0 Å². The highest BCUT2D eigenvalue weighted by molar-refractivity contribution is 7.89. The van der Waals surface area contributed by atoms with E-state index in [2.05, 4.69) is 41.6 Å². The summed E-state index contributed by atoms with van der Waals surface area (Å²) in [4.78, 5) is 4.34. The minimum Gasteiger partial charge on any atom is -0.358 e. The van der Waals surface area contributed by atoms with Gasteiger partial charge in [-0.1, -0.05) is 19.9 Å². The third-order valence-electron chi connectivity index (χ3n) is 3.92. The lowest BCUT2D eigenvalue weighted by Gasteiger charge is -2.33. The van der Waals surface area contributed by atoms with Crippen LogP contribution in [0.1, 0.15) is 20.3 Å². The van der Waals surface area contributed by atoms with Gasteiger partial charge in [-0.2, -0.15) is 4.31 Å². The highest BCUT2D eigenvalue weighted by Crippen LogP contribution is 2.26. The quantitative estimate of drug-likeness (QED) is 0.392. The Kier molecular flexibility index (Phi) is 6.74. The van der Waals surface area contributed by atoms with Crippen molar-refractivity contribution in [1.29, 1.82) is 0 Å². The third kappa shape index (κ3) is 5.38. The van der Waals surface area contributed by atoms with Crippen LogP contribution in [0, 0.1) is 11.8 Å². The van der Waals surface area contributed by atoms with Crippen molar-refractivity contribution in [3.05, 3.63) is 31.0 Å². The fraction of sp³-hybridized carbons (Fsp3) is 0.500. The first-order chi connectivity index (χ1) is 11.8. The average Bonchev–Trinajstić information content (AvgIpc) is 2.57. The summed E-state index contributed by atoms with van der Waals surface area (Å²) >= 11 is 5.05. The minimum atomic E-state index is -3.51. The van der Waals surface area contributed by atoms with E-state index in [0.717, 1.165) is 6.42 Å². The number of aromatic nitrogens is 1. The van der Waals surface area contributed by atoms with E-state index in [4.69, 9.17) is 12.2 Å². The van der Waals surface area contributed by atoms with Crippen molar-refractivity contribution in [3.63, 3.8) is 0 Å². The van der Waals surface area contributed by atoms with Crippen molar-refractivity contribution in [2.75, 3.05) is 25.1 Å². The third-order valence-corrected chi connectivity index (χ3v) is 5.98. The molecule has 138 valence electrons. The number of nitrogens with one attached hydrogen (secondary N) is 3. The summed E-state index contributed by atoms with van der Waals surface area (Å²) in [7, 11) is -3.51. The molecule has 3 N–H and O–H groups in total. The van der Waals surface area contributed by atoms with Crippen LogP contribution in [0.3, 0.4) is 0 Å². The molecule has 0 unspecified atom stereocenters. The fourth-order valence-corrected chi connectivity index (χ4v) is 4.65. The second-order valence-corrected chi connectivity index (χ2v) is 8.74. The standard InChI is InChI=1S/C16H25N5O2S2/c1-4-7-17-16(24)20-19-15-6-5-14(9-18-15)25(22,23)21-10-12(2)8-13(3)11-21/h4-6,9,12-13H,1,7-8,10-11H2,2-3H3,(H,18,19)(H2,17,20,24)/t12-,13-/m0/s1. The molecule has 0 radical (unpaired) electrons. The number of piperidine rings is 1. The van der Waals surface area contributed by atoms with Gasteiger partial charge in [0.05, 0.1) is 0 Å². The van der Waals surface area contributed by atoms with Gasteiger partial charge in [-0.3, -0.25) is 10.9 Å². The Morgan fingerprint density at radius 1 is 1.40 bits per heavy atom. The van der Waals surface area contributed by atoms with Gasteiger partial charge in [-0.15, -0.1) is 6.58 Å². The monoisotopic (exact) mass is 383 g/mol. The van der Waals surface area contributed by atoms with E-state index in [9.17, 15) is 8.42 Å². The highest BCUT2D eigenvalue weighted by atomic mass is 32.2. The smallest absolute Gasteiger partial charge is 0.244 e. The molecule has 1 saturated heterocycles. The highest BCUT2D eigenvalue weighted by Gasteiger charge is 2.31. The normalized spacial score (nSPS) is 21.4. The molecule has 7 nitrogen and oxygen atoms in total. The lowest BCUT2D eigenvalue weighted by Crippen LogP contribution is -2.42. The van der Waals surface area contributed by atoms with E-state index < -0.39 is 10.0 Å². The zero-order chi connectivity index (χ0) is 18.4. The number of anilines is 1. The lowest BCUT2D eigenvalue weighted by atomic mass is 9.94. The van der Waals surface area contributed by atoms with Crippen molar-refractivity contribution < 1.29 is 8.42 Å². The van der Waals surface area contributed by atoms with E-state index in [0.29, 0.717) is 42.4 Å². The topological polar surface area (TPSA) is 86.4 Å². The van der Waals surface area contributed by atoms with Crippen LogP contribution in [0.25, 0.3) is 0 Å². The number of hydrogen-bond donors (Lipinski definition) is 3. The van der Waals surface area contributed by atoms with E-state index >= 15 is 0 Å². The van der Waals surface area contributed by atoms with E-state index in [-0.39, 0.29) is 4.90 Å². The maximum atomic E-state index is 12.8. The van der Waals surface area contributed by atoms with Crippen molar-refractivity contribution in [2.24, 2.45) is 11.8 Å². The van der Waals surface area contributed by atoms with Gasteiger partial charge < -0.3 is 5.32 Å². The first-order valence-electron chi connectivity index (χ1n) is 8.20. The molecule has 2 heterocycles. The van der Waals surface area contributed by atoms with Crippen LogP contribution < -0.4 is 16.2 Å². The van der Waals surface area contributed by atoms with E-state index in [1.807, 2.05) is 0 Å². The Hall–Kier alpha value is -1.71. The molecule has 0 amide bonds. The Balaban J connectivity index is 2.01. The molecule has 2 atom stereocenters. The zero-order valence-corrected chi connectivity index (χ0v) is 16.2. The van der Waals surface area contributed by atoms with E-state index in [1.165, 1.54) is 6.20 Å². The number of thiocarbonyl (C=S) groups is 1. The largest absolute Gasteiger partial charge is 0.358 e. The van der Waals surface area contributed by atoms with Crippen molar-refractivity contribution in [1.82, 2.24) is 20.0 Å². The van der Waals surface area contributed by atoms with Crippen molar-refractivity contribution in [2.45, 2.75) is 25.2 Å². The number of hydrazine groups is 1. The summed E-state index contributed by atoms with van der Waals surface area (Å²) in [5, 5.41) is 3.30. The van der Waals surface area contributed by atoms with Crippen LogP contribution >= 0.6 is 12.2 Å². The molecule has 1 fully saturated rings. The molecule has 25 heavy (non-hydrogen) atoms. The summed E-state index contributed by atoms with van der Waals surface area (Å²) in [5.41, 5.74) is 5.59. The number of rotatable bonds is 6. The van der Waals surface area contributed by atoms with Crippen LogP contribution in [-0.2, 0) is 10.0 Å². The first-order valence-corrected chi connectivity index (χ1v) is 10.0. The maximum Gasteiger partial charge on any atom is 0.244 e. The first kappa shape index (κ1) is 19.6. The summed E-state index contributed by atoms with van der Waals surface area (Å²) in [6, 6.07) is 3.16. The number of sulfonamides is 1. The molecule has 0 saturated carbocycles. The predicted molar refractivity (Wildman–Crippen MR) is 103 cm³/mol. The maximum absolute atomic E-state index is 12.8. The molecule has 9 heteroatoms. The molecule has 0 aliphatic carbocycles. The summed E-state index contributed by atoms with van der Waals surface area (Å²) < 4.78 is 27.1. The van der Waals surface area contributed by atoms with Gasteiger partial charge in [0.1, 0.15) is 10.7 Å². The Morgan fingerprint density at radius 3 is 2.64 bits per heavy atom. The molecular formula is C16H25N5O2S2. The van der Waals surface area contributed by atoms with Gasteiger partial charge in [0, 0.05) is 25.8 Å². The number of hydrogen-bond acceptors (Lipinski definition) is 5. The molecule has 2 rings (SSSR count). The van der Waals surface area contributed by atoms with Crippen LogP contribution in [0.2, 0.25) is 0 Å². The predicted octanol–water partition coefficient (Wildman–Crippen LogP) is 1.73. The molecule has 1 aromatic rings. The van der Waals surface area contributed by atoms with Crippen molar-refractivity contribution in [3.8, 4) is 0 Å². The van der Waals surface area contributed by atoms with Gasteiger partial charge in [-0.25, -0.2) is 13.4 Å². The number of nitrogens with zero attached hydrogens (tertiary/aromatic N) is 2. The fourth-order valence-electron chi connectivity index (χ4n) is 2.89. The molecule has 0 aromatic carbocycles. The van der Waals surface area contributed by atoms with Gasteiger partial charge in [0.2, 0.25) is 10.0 Å². The average molecular weight is 384 g/mol. The molecule has 0 bridgehead atoms. The second-order valence-electron chi connectivity index (χ2n) is 6.40. The van der Waals surface area contributed by atoms with Gasteiger partial charge in [-0.05, 0) is 42.6 Å². The van der Waals surface area contributed by atoms with Crippen LogP contribution in [0.5, 0.6) is 0 Å². The minimum absolute atomic E-state index is 0.201. The molecule has 1 aliphatic heterocycles. The lowest BCUT2D eigenvalue weighted by molar-refractivity contribution is 0.222. The van der Waals surface area contributed by atoms with Gasteiger partial charge in [0.25, 0.3) is 0 Å². The van der Waals surface area contributed by atoms with Crippen molar-refractivity contribution >= 4 is 33.2 Å². The summed E-state index contributed by atoms with van der Waals surface area (Å²) in [6.07, 6.45) is 4.11. The molecule has 1 aromatic heterocycles. The van der Waals surface area contributed by atoms with Gasteiger partial charge in [0.15, 0.2) is 5.11 Å². The Bertz CT molecular complexity index is 696. The molecule has 0 spiro atoms. The van der Waals surface area contributed by atoms with Crippen LogP contribution in [0.4, 0.5) is 5.82 Å². The Labute approximate surface area is 154 Å². The number of pyridine rings is 1. The van der Waals surface area contributed by atoms with Crippen LogP contribution in [-0.4, -0.2) is 42.5 Å². The Morgan fingerprint density at radius 2 is 2.08 bits per heavy atom. The SMILES string of the molecule is C=CCNC(=S)NNc1ccc(S(=O)(=O)N2C[C@@H](C)C[C@H](C)C2)cn1. The second kappa shape index (κ2) is 8.59. The van der Waals surface area contributed by atoms with E-state index in [1.54, 1.807) is 22.5 Å². The summed E-state index contributed by atoms with van der Waals surface area (Å²) in [6.45, 7) is 9.40. The van der Waals surface area contributed by atoms with Crippen LogP contribution in [0.15, 0.2) is 35.9 Å². The molecule has 1 aliphatic rings. The summed E-state index contributed by atoms with van der Waals surface area (Å²) in [5.74, 6) is 1.20. The zero-order valence-electron chi connectivity index (χ0n) is 14.5.